The zero-order chi connectivity index (χ0) is 44.8. The van der Waals surface area contributed by atoms with E-state index in [1.54, 1.807) is 0 Å². The molecule has 13 rings (SSSR count). The summed E-state index contributed by atoms with van der Waals surface area (Å²) in [7, 11) is 1.09. The Balaban J connectivity index is 1.26. The molecule has 0 N–H and O–H groups in total. The third-order valence-electron chi connectivity index (χ3n) is 14.8. The molecular formula is C61H50BN2OP. The van der Waals surface area contributed by atoms with E-state index in [-0.39, 0.29) is 17.7 Å². The minimum absolute atomic E-state index is 0.0805. The van der Waals surface area contributed by atoms with Crippen LogP contribution in [0.4, 0.5) is 17.1 Å². The highest BCUT2D eigenvalue weighted by Gasteiger charge is 2.45. The third-order valence-corrected chi connectivity index (χ3v) is 15.3. The van der Waals surface area contributed by atoms with E-state index in [2.05, 4.69) is 215 Å². The molecule has 66 heavy (non-hydrogen) atoms. The molecular weight excluding hydrogens is 818 g/mol. The lowest BCUT2D eigenvalue weighted by Crippen LogP contribution is -2.56. The lowest BCUT2D eigenvalue weighted by molar-refractivity contribution is 0.569. The van der Waals surface area contributed by atoms with Gasteiger partial charge >= 0.3 is 6.85 Å². The number of hydrogen-bond acceptors (Lipinski definition) is 2. The summed E-state index contributed by atoms with van der Waals surface area (Å²) in [6, 6.07) is 59.7. The summed E-state index contributed by atoms with van der Waals surface area (Å²) in [5.74, 6) is 0. The van der Waals surface area contributed by atoms with Crippen molar-refractivity contribution >= 4 is 115 Å². The van der Waals surface area contributed by atoms with Gasteiger partial charge in [0.2, 0.25) is 0 Å². The summed E-state index contributed by atoms with van der Waals surface area (Å²) in [4.78, 5) is 2.62. The number of nitrogens with zero attached hydrogens (tertiary/aromatic N) is 2. The Morgan fingerprint density at radius 2 is 1.20 bits per heavy atom. The number of rotatable bonds is 5. The molecule has 0 atom stereocenters. The van der Waals surface area contributed by atoms with Crippen LogP contribution in [-0.2, 0) is 23.4 Å². The Morgan fingerprint density at radius 3 is 1.92 bits per heavy atom. The quantitative estimate of drug-likeness (QED) is 0.0976. The van der Waals surface area contributed by atoms with Gasteiger partial charge in [-0.3, -0.25) is 0 Å². The molecule has 9 aromatic carbocycles. The number of furan rings is 1. The molecule has 0 amide bonds. The van der Waals surface area contributed by atoms with Crippen molar-refractivity contribution in [3.63, 3.8) is 0 Å². The van der Waals surface area contributed by atoms with E-state index < -0.39 is 0 Å². The Morgan fingerprint density at radius 1 is 0.561 bits per heavy atom. The molecule has 2 aliphatic heterocycles. The topological polar surface area (TPSA) is 21.3 Å². The van der Waals surface area contributed by atoms with Crippen molar-refractivity contribution in [3.8, 4) is 11.1 Å². The van der Waals surface area contributed by atoms with Crippen LogP contribution < -0.4 is 15.8 Å². The third kappa shape index (κ3) is 5.61. The molecule has 0 saturated heterocycles. The van der Waals surface area contributed by atoms with E-state index in [1.165, 1.54) is 116 Å². The van der Waals surface area contributed by atoms with Crippen molar-refractivity contribution in [2.45, 2.75) is 65.0 Å². The van der Waals surface area contributed by atoms with Gasteiger partial charge in [-0.2, -0.15) is 0 Å². The summed E-state index contributed by atoms with van der Waals surface area (Å²) in [5, 5.41) is 10.2. The lowest BCUT2D eigenvalue weighted by Gasteiger charge is -2.41. The SMILES string of the molecule is C=PCc1c2ccccc2c(Cc2ccccc2)c2cc3c(cc12)N(c1cc(C(C)(C)C)cc(C(C)(C)C)c1)c1cc2oc4ccccc4c2c2c1B3n1c3ccccc3c3cccc-2c31. The second kappa shape index (κ2) is 14.1. The maximum Gasteiger partial charge on any atom is 0.333 e. The molecule has 0 fully saturated rings. The first-order chi connectivity index (χ1) is 32.0. The van der Waals surface area contributed by atoms with E-state index in [4.69, 9.17) is 4.42 Å². The summed E-state index contributed by atoms with van der Waals surface area (Å²) in [6.45, 7) is 13.9. The van der Waals surface area contributed by atoms with Crippen molar-refractivity contribution < 1.29 is 4.42 Å². The van der Waals surface area contributed by atoms with Gasteiger partial charge in [-0.25, -0.2) is 0 Å². The summed E-state index contributed by atoms with van der Waals surface area (Å²) >= 11 is 0. The molecule has 2 aromatic heterocycles. The molecule has 0 radical (unpaired) electrons. The Bertz CT molecular complexity index is 3850. The zero-order valence-corrected chi connectivity index (χ0v) is 39.4. The molecule has 0 unspecified atom stereocenters. The Kier molecular flexibility index (Phi) is 8.42. The number of anilines is 3. The van der Waals surface area contributed by atoms with E-state index in [0.29, 0.717) is 0 Å². The van der Waals surface area contributed by atoms with Crippen molar-refractivity contribution in [2.75, 3.05) is 4.90 Å². The molecule has 318 valence electrons. The first-order valence-electron chi connectivity index (χ1n) is 23.4. The van der Waals surface area contributed by atoms with E-state index in [9.17, 15) is 0 Å². The fourth-order valence-corrected chi connectivity index (χ4v) is 12.2. The lowest BCUT2D eigenvalue weighted by atomic mass is 9.44. The fourth-order valence-electron chi connectivity index (χ4n) is 11.7. The molecule has 0 bridgehead atoms. The normalized spacial score (nSPS) is 13.5. The average Bonchev–Trinajstić information content (AvgIpc) is 3.86. The Hall–Kier alpha value is -6.87. The highest BCUT2D eigenvalue weighted by atomic mass is 31.1. The summed E-state index contributed by atoms with van der Waals surface area (Å²) in [5.41, 5.74) is 19.6. The average molecular weight is 869 g/mol. The van der Waals surface area contributed by atoms with Crippen LogP contribution in [0.5, 0.6) is 0 Å². The van der Waals surface area contributed by atoms with Gasteiger partial charge in [-0.05, 0) is 113 Å². The molecule has 5 heteroatoms. The van der Waals surface area contributed by atoms with Gasteiger partial charge in [0.25, 0.3) is 0 Å². The predicted molar refractivity (Wildman–Crippen MR) is 287 cm³/mol. The first kappa shape index (κ1) is 39.5. The van der Waals surface area contributed by atoms with Crippen molar-refractivity contribution in [1.29, 1.82) is 0 Å². The smallest absolute Gasteiger partial charge is 0.333 e. The summed E-state index contributed by atoms with van der Waals surface area (Å²) < 4.78 is 9.69. The maximum atomic E-state index is 6.99. The van der Waals surface area contributed by atoms with Gasteiger partial charge in [0, 0.05) is 67.4 Å². The number of benzene rings is 9. The second-order valence-corrected chi connectivity index (χ2v) is 21.5. The molecule has 0 saturated carbocycles. The van der Waals surface area contributed by atoms with Crippen LogP contribution in [0.2, 0.25) is 0 Å². The van der Waals surface area contributed by atoms with Gasteiger partial charge < -0.3 is 13.8 Å². The fraction of sp³-hybridized carbons (Fsp3) is 0.164. The number of para-hydroxylation sites is 3. The van der Waals surface area contributed by atoms with Gasteiger partial charge in [0.05, 0.1) is 0 Å². The largest absolute Gasteiger partial charge is 0.456 e. The van der Waals surface area contributed by atoms with Gasteiger partial charge in [0.1, 0.15) is 11.2 Å². The molecule has 11 aromatic rings. The highest BCUT2D eigenvalue weighted by Crippen LogP contribution is 2.51. The minimum Gasteiger partial charge on any atom is -0.456 e. The van der Waals surface area contributed by atoms with E-state index >= 15 is 0 Å². The van der Waals surface area contributed by atoms with Crippen molar-refractivity contribution in [1.82, 2.24) is 4.48 Å². The monoisotopic (exact) mass is 868 g/mol. The predicted octanol–water partition coefficient (Wildman–Crippen LogP) is 15.5. The van der Waals surface area contributed by atoms with Gasteiger partial charge in [0.15, 0.2) is 0 Å². The van der Waals surface area contributed by atoms with Crippen LogP contribution >= 0.6 is 8.20 Å². The van der Waals surface area contributed by atoms with Crippen molar-refractivity contribution in [2.24, 2.45) is 0 Å². The molecule has 4 heterocycles. The number of hydrogen-bond donors (Lipinski definition) is 0. The molecule has 0 aliphatic carbocycles. The van der Waals surface area contributed by atoms with Crippen LogP contribution in [0, 0.1) is 0 Å². The minimum atomic E-state index is -0.126. The van der Waals surface area contributed by atoms with Crippen LogP contribution in [0.15, 0.2) is 162 Å². The van der Waals surface area contributed by atoms with Crippen LogP contribution in [-0.4, -0.2) is 17.6 Å². The van der Waals surface area contributed by atoms with Crippen LogP contribution in [0.25, 0.3) is 76.4 Å². The first-order valence-corrected chi connectivity index (χ1v) is 24.7. The van der Waals surface area contributed by atoms with E-state index in [0.717, 1.165) is 37.3 Å². The van der Waals surface area contributed by atoms with Crippen molar-refractivity contribution in [3.05, 3.63) is 186 Å². The zero-order valence-electron chi connectivity index (χ0n) is 38.5. The highest BCUT2D eigenvalue weighted by molar-refractivity contribution is 7.35. The van der Waals surface area contributed by atoms with Gasteiger partial charge in [-0.1, -0.05) is 169 Å². The second-order valence-electron chi connectivity index (χ2n) is 20.8. The maximum absolute atomic E-state index is 6.99. The van der Waals surface area contributed by atoms with Gasteiger partial charge in [-0.15, -0.1) is 8.20 Å². The summed E-state index contributed by atoms with van der Waals surface area (Å²) in [6.07, 6.45) is 6.12. The standard InChI is InChI=1S/C61H50BN2OP/c1-60(2,3)37-29-38(61(4,5)6)31-39(30-37)63-52-33-48-47(46(28-36-18-9-8-10-19-36)40-20-11-12-21-41(40)49(48)35-66-7)32-50(52)62-58-53(63)34-55-56(44-23-14-16-27-54(44)65-55)57(58)45-25-17-24-43-42-22-13-15-26-51(42)64(62)59(43)45/h8-27,29-34H,7,28,35H2,1-6H3. The molecule has 3 nitrogen and oxygen atoms in total. The Labute approximate surface area is 388 Å². The number of fused-ring (bicyclic) bond motifs is 13. The van der Waals surface area contributed by atoms with E-state index in [1.807, 2.05) is 0 Å². The van der Waals surface area contributed by atoms with Crippen LogP contribution in [0.1, 0.15) is 69.4 Å². The number of aromatic nitrogens is 1. The molecule has 0 spiro atoms. The molecule has 2 aliphatic rings. The van der Waals surface area contributed by atoms with Crippen LogP contribution in [0.3, 0.4) is 0 Å².